The topological polar surface area (TPSA) is 25.8 Å². The molecule has 1 radical (unpaired) electrons. The molecule has 217 valence electrons. The third kappa shape index (κ3) is 9.28. The third-order valence-electron chi connectivity index (χ3n) is 6.53. The maximum atomic E-state index is 4.22. The Balaban J connectivity index is 0.000000155. The van der Waals surface area contributed by atoms with E-state index in [0.29, 0.717) is 0 Å². The van der Waals surface area contributed by atoms with Crippen molar-refractivity contribution >= 4 is 0 Å². The molecule has 0 atom stereocenters. The van der Waals surface area contributed by atoms with Crippen LogP contribution in [0.2, 0.25) is 0 Å². The average Bonchev–Trinajstić information content (AvgIpc) is 3.11. The Morgan fingerprint density at radius 3 is 1.34 bits per heavy atom. The van der Waals surface area contributed by atoms with Crippen molar-refractivity contribution in [1.29, 1.82) is 0 Å². The van der Waals surface area contributed by atoms with Gasteiger partial charge in [-0.15, -0.1) is 89.5 Å². The van der Waals surface area contributed by atoms with Crippen molar-refractivity contribution in [2.24, 2.45) is 0 Å². The standard InChI is InChI=1S/C19H14.2C11H8N.Ir/c1-15-14-18(16-8-4-2-5-9-16)12-13-19(15)17-10-6-3-7-11-17;2*1-2-6-10(7-3-1)11-8-4-5-9-12-11;/h2-8,10-13H,1H3;2*1-6,8-9H;/q-2;2*-1;. The van der Waals surface area contributed by atoms with E-state index in [1.54, 1.807) is 12.4 Å². The molecule has 0 fully saturated rings. The summed E-state index contributed by atoms with van der Waals surface area (Å²) in [7, 11) is 0. The number of aromatic nitrogens is 2. The summed E-state index contributed by atoms with van der Waals surface area (Å²) in [6.07, 6.45) is 3.58. The molecule has 0 N–H and O–H groups in total. The van der Waals surface area contributed by atoms with Crippen LogP contribution >= 0.6 is 0 Å². The van der Waals surface area contributed by atoms with Crippen LogP contribution in [0.4, 0.5) is 0 Å². The number of hydrogen-bond donors (Lipinski definition) is 0. The van der Waals surface area contributed by atoms with Gasteiger partial charge in [-0.3, -0.25) is 0 Å². The Morgan fingerprint density at radius 2 is 0.909 bits per heavy atom. The minimum atomic E-state index is 0. The quantitative estimate of drug-likeness (QED) is 0.168. The van der Waals surface area contributed by atoms with Gasteiger partial charge >= 0.3 is 0 Å². The fraction of sp³-hybridized carbons (Fsp3) is 0.0244. The Labute approximate surface area is 274 Å². The Hall–Kier alpha value is -4.95. The van der Waals surface area contributed by atoms with Gasteiger partial charge in [0.2, 0.25) is 0 Å². The van der Waals surface area contributed by atoms with Gasteiger partial charge in [0, 0.05) is 32.5 Å². The van der Waals surface area contributed by atoms with Gasteiger partial charge in [0.05, 0.1) is 0 Å². The first-order valence-corrected chi connectivity index (χ1v) is 14.1. The summed E-state index contributed by atoms with van der Waals surface area (Å²) in [5, 5.41) is 0. The molecule has 0 saturated heterocycles. The molecule has 2 aromatic heterocycles. The molecule has 0 aliphatic rings. The van der Waals surface area contributed by atoms with Gasteiger partial charge in [-0.1, -0.05) is 72.6 Å². The van der Waals surface area contributed by atoms with Gasteiger partial charge in [0.15, 0.2) is 0 Å². The van der Waals surface area contributed by atoms with E-state index in [4.69, 9.17) is 0 Å². The van der Waals surface area contributed by atoms with E-state index >= 15 is 0 Å². The predicted octanol–water partition coefficient (Wildman–Crippen LogP) is 10.0. The van der Waals surface area contributed by atoms with Crippen LogP contribution in [0.25, 0.3) is 44.8 Å². The zero-order valence-electron chi connectivity index (χ0n) is 24.3. The Morgan fingerprint density at radius 1 is 0.432 bits per heavy atom. The zero-order valence-corrected chi connectivity index (χ0v) is 26.7. The number of hydrogen-bond acceptors (Lipinski definition) is 2. The second-order valence-electron chi connectivity index (χ2n) is 9.54. The van der Waals surface area contributed by atoms with Crippen molar-refractivity contribution in [1.82, 2.24) is 9.97 Å². The summed E-state index contributed by atoms with van der Waals surface area (Å²) in [5.74, 6) is 0. The van der Waals surface area contributed by atoms with Gasteiger partial charge in [0.25, 0.3) is 0 Å². The molecule has 7 rings (SSSR count). The first-order chi connectivity index (χ1) is 21.3. The molecule has 44 heavy (non-hydrogen) atoms. The van der Waals surface area contributed by atoms with E-state index in [1.165, 1.54) is 16.7 Å². The first-order valence-electron chi connectivity index (χ1n) is 14.1. The maximum Gasteiger partial charge on any atom is 0.0160 e. The average molecular weight is 743 g/mol. The second-order valence-corrected chi connectivity index (χ2v) is 9.54. The fourth-order valence-electron chi connectivity index (χ4n) is 4.40. The van der Waals surface area contributed by atoms with Crippen LogP contribution in [-0.4, -0.2) is 9.97 Å². The molecule has 0 unspecified atom stereocenters. The van der Waals surface area contributed by atoms with E-state index in [2.05, 4.69) is 83.6 Å². The molecule has 0 aliphatic heterocycles. The van der Waals surface area contributed by atoms with Crippen molar-refractivity contribution in [2.75, 3.05) is 0 Å². The first kappa shape index (κ1) is 32.0. The van der Waals surface area contributed by atoms with Crippen molar-refractivity contribution in [3.05, 3.63) is 194 Å². The van der Waals surface area contributed by atoms with Crippen LogP contribution in [0.15, 0.2) is 164 Å². The van der Waals surface area contributed by atoms with Gasteiger partial charge in [-0.05, 0) is 23.5 Å². The summed E-state index contributed by atoms with van der Waals surface area (Å²) in [4.78, 5) is 8.44. The molecule has 7 aromatic rings. The van der Waals surface area contributed by atoms with Crippen molar-refractivity contribution in [3.8, 4) is 44.8 Å². The summed E-state index contributed by atoms with van der Waals surface area (Å²) in [5.41, 5.74) is 9.84. The molecule has 0 spiro atoms. The minimum absolute atomic E-state index is 0. The summed E-state index contributed by atoms with van der Waals surface area (Å²) >= 11 is 0. The van der Waals surface area contributed by atoms with E-state index in [0.717, 1.165) is 33.6 Å². The van der Waals surface area contributed by atoms with Crippen molar-refractivity contribution < 1.29 is 20.1 Å². The SMILES string of the molecule is Cc1[c-]c(-c2[c-]cccc2)ccc1-c1ccccc1.[Ir].[c-]1ccccc1-c1ccccn1.[c-]1ccccc1-c1ccccn1. The van der Waals surface area contributed by atoms with Crippen LogP contribution in [-0.2, 0) is 20.1 Å². The van der Waals surface area contributed by atoms with E-state index in [1.807, 2.05) is 109 Å². The molecule has 2 heterocycles. The van der Waals surface area contributed by atoms with Gasteiger partial charge < -0.3 is 9.97 Å². The molecule has 5 aromatic carbocycles. The van der Waals surface area contributed by atoms with Gasteiger partial charge in [-0.25, -0.2) is 11.1 Å². The number of pyridine rings is 2. The predicted molar refractivity (Wildman–Crippen MR) is 177 cm³/mol. The summed E-state index contributed by atoms with van der Waals surface area (Å²) < 4.78 is 0. The molecular weight excluding hydrogens is 713 g/mol. The van der Waals surface area contributed by atoms with Crippen molar-refractivity contribution in [3.63, 3.8) is 0 Å². The van der Waals surface area contributed by atoms with Crippen LogP contribution in [0.3, 0.4) is 0 Å². The van der Waals surface area contributed by atoms with E-state index < -0.39 is 0 Å². The largest absolute Gasteiger partial charge is 0.305 e. The number of nitrogens with zero attached hydrogens (tertiary/aromatic N) is 2. The van der Waals surface area contributed by atoms with E-state index in [-0.39, 0.29) is 20.1 Å². The smallest absolute Gasteiger partial charge is 0.0160 e. The van der Waals surface area contributed by atoms with Gasteiger partial charge in [0.1, 0.15) is 0 Å². The molecule has 3 heteroatoms. The van der Waals surface area contributed by atoms with E-state index in [9.17, 15) is 0 Å². The number of rotatable bonds is 4. The molecule has 0 saturated carbocycles. The van der Waals surface area contributed by atoms with Crippen LogP contribution in [0.1, 0.15) is 5.56 Å². The number of aryl methyl sites for hydroxylation is 1. The zero-order chi connectivity index (χ0) is 29.5. The van der Waals surface area contributed by atoms with Crippen molar-refractivity contribution in [2.45, 2.75) is 6.92 Å². The minimum Gasteiger partial charge on any atom is -0.305 e. The summed E-state index contributed by atoms with van der Waals surface area (Å²) in [6, 6.07) is 63.0. The fourth-order valence-corrected chi connectivity index (χ4v) is 4.40. The van der Waals surface area contributed by atoms with Crippen LogP contribution in [0.5, 0.6) is 0 Å². The maximum absolute atomic E-state index is 4.22. The molecule has 0 bridgehead atoms. The Bertz CT molecular complexity index is 1630. The molecular formula is C41H30IrN2-4. The summed E-state index contributed by atoms with van der Waals surface area (Å²) in [6.45, 7) is 2.11. The van der Waals surface area contributed by atoms with Gasteiger partial charge in [-0.2, -0.15) is 36.4 Å². The third-order valence-corrected chi connectivity index (χ3v) is 6.53. The van der Waals surface area contributed by atoms with Crippen LogP contribution < -0.4 is 0 Å². The molecule has 0 aliphatic carbocycles. The second kappa shape index (κ2) is 17.2. The number of benzene rings is 5. The molecule has 0 amide bonds. The molecule has 2 nitrogen and oxygen atoms in total. The normalized spacial score (nSPS) is 9.75. The Kier molecular flexibility index (Phi) is 12.5. The monoisotopic (exact) mass is 743 g/mol. The van der Waals surface area contributed by atoms with Crippen LogP contribution in [0, 0.1) is 31.2 Å².